The van der Waals surface area contributed by atoms with E-state index in [0.29, 0.717) is 34.0 Å². The summed E-state index contributed by atoms with van der Waals surface area (Å²) in [6.07, 6.45) is 0. The third kappa shape index (κ3) is 3.77. The van der Waals surface area contributed by atoms with E-state index in [9.17, 15) is 19.2 Å². The first-order chi connectivity index (χ1) is 22.5. The Hall–Kier alpha value is -5.32. The summed E-state index contributed by atoms with van der Waals surface area (Å²) in [7, 11) is 3.10. The second-order valence-electron chi connectivity index (χ2n) is 11.8. The Kier molecular flexibility index (Phi) is 6.52. The van der Waals surface area contributed by atoms with Crippen molar-refractivity contribution in [2.24, 2.45) is 11.8 Å². The van der Waals surface area contributed by atoms with E-state index in [1.54, 1.807) is 74.9 Å². The fourth-order valence-corrected chi connectivity index (χ4v) is 7.93. The van der Waals surface area contributed by atoms with Crippen LogP contribution in [0.15, 0.2) is 109 Å². The first kappa shape index (κ1) is 28.2. The van der Waals surface area contributed by atoms with Crippen molar-refractivity contribution in [2.75, 3.05) is 24.0 Å². The average Bonchev–Trinajstić information content (AvgIpc) is 3.76. The Morgan fingerprint density at radius 1 is 0.435 bits per heavy atom. The number of anilines is 2. The van der Waals surface area contributed by atoms with Gasteiger partial charge in [0.05, 0.1) is 49.5 Å². The van der Waals surface area contributed by atoms with Gasteiger partial charge in [-0.3, -0.25) is 19.2 Å². The number of benzene rings is 4. The van der Waals surface area contributed by atoms with Gasteiger partial charge < -0.3 is 9.47 Å². The van der Waals surface area contributed by atoms with Crippen LogP contribution in [0.5, 0.6) is 11.5 Å². The highest BCUT2D eigenvalue weighted by molar-refractivity contribution is 6.26. The molecule has 0 aliphatic carbocycles. The molecule has 4 aromatic carbocycles. The smallest absolute Gasteiger partial charge is 0.253 e. The van der Waals surface area contributed by atoms with Crippen molar-refractivity contribution in [2.45, 2.75) is 24.2 Å². The van der Waals surface area contributed by atoms with Crippen LogP contribution in [0.25, 0.3) is 0 Å². The highest BCUT2D eigenvalue weighted by atomic mass is 16.5. The summed E-state index contributed by atoms with van der Waals surface area (Å²) in [4.78, 5) is 60.7. The van der Waals surface area contributed by atoms with Crippen molar-refractivity contribution in [1.82, 2.24) is 10.0 Å². The Balaban J connectivity index is 1.37. The molecule has 10 nitrogen and oxygen atoms in total. The number of para-hydroxylation sites is 4. The molecular formula is C36H30N4O6. The van der Waals surface area contributed by atoms with Gasteiger partial charge in [0.15, 0.2) is 0 Å². The molecule has 4 saturated heterocycles. The molecule has 0 bridgehead atoms. The molecule has 6 atom stereocenters. The van der Waals surface area contributed by atoms with E-state index in [1.165, 1.54) is 9.80 Å². The Morgan fingerprint density at radius 3 is 1.15 bits per heavy atom. The van der Waals surface area contributed by atoms with E-state index < -0.39 is 47.8 Å². The monoisotopic (exact) mass is 614 g/mol. The summed E-state index contributed by atoms with van der Waals surface area (Å²) < 4.78 is 11.6. The SMILES string of the molecule is COc1ccccc1[C@@H]1[C@@H]2C(=O)N(c3ccccc3)C(=O)[C@H]2N2[C@@H](c3ccccc3OC)[C@H]3C(=O)N(c4ccccc4)C(=O)[C@@H]3N12. The minimum atomic E-state index is -0.992. The summed E-state index contributed by atoms with van der Waals surface area (Å²) in [5.74, 6) is -2.34. The molecule has 0 saturated carbocycles. The van der Waals surface area contributed by atoms with Crippen LogP contribution in [0.1, 0.15) is 23.2 Å². The quantitative estimate of drug-likeness (QED) is 0.299. The Morgan fingerprint density at radius 2 is 0.783 bits per heavy atom. The minimum absolute atomic E-state index is 0.376. The van der Waals surface area contributed by atoms with Crippen LogP contribution in [-0.2, 0) is 19.2 Å². The number of ether oxygens (including phenoxy) is 2. The molecule has 0 unspecified atom stereocenters. The lowest BCUT2D eigenvalue weighted by Crippen LogP contribution is -2.50. The van der Waals surface area contributed by atoms with Crippen LogP contribution in [0.2, 0.25) is 0 Å². The minimum Gasteiger partial charge on any atom is -0.496 e. The lowest BCUT2D eigenvalue weighted by molar-refractivity contribution is -0.136. The summed E-state index contributed by atoms with van der Waals surface area (Å²) in [6, 6.07) is 28.8. The first-order valence-electron chi connectivity index (χ1n) is 15.2. The van der Waals surface area contributed by atoms with E-state index in [4.69, 9.17) is 9.47 Å². The topological polar surface area (TPSA) is 99.7 Å². The molecule has 4 aliphatic heterocycles. The number of carbonyl (C=O) groups excluding carboxylic acids is 4. The summed E-state index contributed by atoms with van der Waals surface area (Å²) in [5.41, 5.74) is 2.23. The van der Waals surface area contributed by atoms with Gasteiger partial charge in [0.25, 0.3) is 11.8 Å². The van der Waals surface area contributed by atoms with Crippen molar-refractivity contribution in [3.05, 3.63) is 120 Å². The Labute approximate surface area is 265 Å². The first-order valence-corrected chi connectivity index (χ1v) is 15.2. The van der Waals surface area contributed by atoms with Crippen LogP contribution in [0.4, 0.5) is 11.4 Å². The number of fused-ring (bicyclic) bond motifs is 5. The van der Waals surface area contributed by atoms with Crippen LogP contribution >= 0.6 is 0 Å². The maximum Gasteiger partial charge on any atom is 0.253 e. The summed E-state index contributed by atoms with van der Waals surface area (Å²) >= 11 is 0. The number of rotatable bonds is 6. The summed E-state index contributed by atoms with van der Waals surface area (Å²) in [6.45, 7) is 0. The molecule has 10 heteroatoms. The molecule has 4 amide bonds. The van der Waals surface area contributed by atoms with Gasteiger partial charge in [-0.15, -0.1) is 0 Å². The number of hydrogen-bond acceptors (Lipinski definition) is 8. The van der Waals surface area contributed by atoms with Gasteiger partial charge >= 0.3 is 0 Å². The van der Waals surface area contributed by atoms with Gasteiger partial charge in [-0.25, -0.2) is 19.8 Å². The van der Waals surface area contributed by atoms with Crippen LogP contribution in [0, 0.1) is 11.8 Å². The average molecular weight is 615 g/mol. The molecule has 0 spiro atoms. The normalized spacial score (nSPS) is 27.3. The summed E-state index contributed by atoms with van der Waals surface area (Å²) in [5, 5.41) is 3.66. The lowest BCUT2D eigenvalue weighted by Gasteiger charge is -2.36. The zero-order valence-corrected chi connectivity index (χ0v) is 25.1. The maximum atomic E-state index is 14.6. The van der Waals surface area contributed by atoms with Gasteiger partial charge in [-0.05, 0) is 36.4 Å². The largest absolute Gasteiger partial charge is 0.496 e. The zero-order chi connectivity index (χ0) is 31.7. The number of imide groups is 2. The van der Waals surface area contributed by atoms with Crippen molar-refractivity contribution in [3.63, 3.8) is 0 Å². The number of methoxy groups -OCH3 is 2. The predicted molar refractivity (Wildman–Crippen MR) is 168 cm³/mol. The number of amides is 4. The molecule has 4 fully saturated rings. The van der Waals surface area contributed by atoms with Crippen molar-refractivity contribution >= 4 is 35.0 Å². The number of carbonyl (C=O) groups is 4. The molecule has 46 heavy (non-hydrogen) atoms. The molecule has 4 aromatic rings. The molecule has 8 rings (SSSR count). The standard InChI is InChI=1S/C36H30N4O6/c1-45-25-19-11-9-17-23(25)29-27-31(35(43)37(33(27)41)21-13-5-3-6-14-21)40-30(24-18-10-12-20-26(24)46-2)28-32(39(29)40)36(44)38(34(28)42)22-15-7-4-8-16-22/h3-20,27-32H,1-2H3/t27-,28+,29+,30-,31-,32+. The van der Waals surface area contributed by atoms with Crippen molar-refractivity contribution in [3.8, 4) is 11.5 Å². The van der Waals surface area contributed by atoms with E-state index in [2.05, 4.69) is 0 Å². The molecule has 4 aliphatic rings. The fourth-order valence-electron chi connectivity index (χ4n) is 7.93. The fraction of sp³-hybridized carbons (Fsp3) is 0.222. The molecule has 0 N–H and O–H groups in total. The highest BCUT2D eigenvalue weighted by Gasteiger charge is 2.74. The number of nitrogens with zero attached hydrogens (tertiary/aromatic N) is 4. The highest BCUT2D eigenvalue weighted by Crippen LogP contribution is 2.61. The molecular weight excluding hydrogens is 584 g/mol. The van der Waals surface area contributed by atoms with Crippen molar-refractivity contribution < 1.29 is 28.7 Å². The van der Waals surface area contributed by atoms with Crippen LogP contribution < -0.4 is 19.3 Å². The molecule has 0 aromatic heterocycles. The van der Waals surface area contributed by atoms with Gasteiger partial charge in [-0.1, -0.05) is 72.8 Å². The number of hydrazine groups is 1. The van der Waals surface area contributed by atoms with Gasteiger partial charge in [0.2, 0.25) is 11.8 Å². The van der Waals surface area contributed by atoms with Gasteiger partial charge in [0, 0.05) is 11.1 Å². The second kappa shape index (κ2) is 10.6. The second-order valence-corrected chi connectivity index (χ2v) is 11.8. The third-order valence-corrected chi connectivity index (χ3v) is 9.67. The molecule has 4 heterocycles. The molecule has 230 valence electrons. The number of hydrogen-bond donors (Lipinski definition) is 0. The Bertz CT molecular complexity index is 1750. The molecule has 0 radical (unpaired) electrons. The van der Waals surface area contributed by atoms with Crippen molar-refractivity contribution in [1.29, 1.82) is 0 Å². The van der Waals surface area contributed by atoms with E-state index in [1.807, 2.05) is 58.5 Å². The van der Waals surface area contributed by atoms with Crippen LogP contribution in [-0.4, -0.2) is 59.9 Å². The third-order valence-electron chi connectivity index (χ3n) is 9.67. The lowest BCUT2D eigenvalue weighted by atomic mass is 9.83. The van der Waals surface area contributed by atoms with E-state index in [0.717, 1.165) is 0 Å². The maximum absolute atomic E-state index is 14.6. The van der Waals surface area contributed by atoms with Gasteiger partial charge in [-0.2, -0.15) is 0 Å². The predicted octanol–water partition coefficient (Wildman–Crippen LogP) is 4.15. The zero-order valence-electron chi connectivity index (χ0n) is 25.1. The van der Waals surface area contributed by atoms with Crippen LogP contribution in [0.3, 0.4) is 0 Å². The van der Waals surface area contributed by atoms with E-state index in [-0.39, 0.29) is 11.8 Å². The van der Waals surface area contributed by atoms with E-state index >= 15 is 0 Å². The van der Waals surface area contributed by atoms with Gasteiger partial charge in [0.1, 0.15) is 23.6 Å².